The zero-order valence-corrected chi connectivity index (χ0v) is 20.0. The van der Waals surface area contributed by atoms with Gasteiger partial charge in [-0.25, -0.2) is 4.98 Å². The summed E-state index contributed by atoms with van der Waals surface area (Å²) in [5.41, 5.74) is 1.28. The van der Waals surface area contributed by atoms with Gasteiger partial charge in [0.2, 0.25) is 0 Å². The summed E-state index contributed by atoms with van der Waals surface area (Å²) in [5.74, 6) is 2.99. The number of hydrogen-bond acceptors (Lipinski definition) is 4. The van der Waals surface area contributed by atoms with Crippen molar-refractivity contribution < 1.29 is 4.74 Å². The van der Waals surface area contributed by atoms with Crippen LogP contribution in [0.4, 0.5) is 0 Å². The predicted octanol–water partition coefficient (Wildman–Crippen LogP) is 3.98. The average Bonchev–Trinajstić information content (AvgIpc) is 3.12. The summed E-state index contributed by atoms with van der Waals surface area (Å²) in [4.78, 5) is 8.83. The molecule has 0 radical (unpaired) electrons. The molecule has 1 unspecified atom stereocenters. The highest BCUT2D eigenvalue weighted by Gasteiger charge is 2.13. The largest absolute Gasteiger partial charge is 0.497 e. The van der Waals surface area contributed by atoms with Crippen LogP contribution in [0.1, 0.15) is 46.4 Å². The van der Waals surface area contributed by atoms with Crippen LogP contribution in [0.5, 0.6) is 5.75 Å². The Labute approximate surface area is 185 Å². The van der Waals surface area contributed by atoms with E-state index in [1.54, 1.807) is 14.2 Å². The van der Waals surface area contributed by atoms with Crippen LogP contribution in [0, 0.1) is 5.41 Å². The highest BCUT2D eigenvalue weighted by atomic mass is 127. The number of ether oxygens (including phenoxy) is 1. The van der Waals surface area contributed by atoms with E-state index >= 15 is 0 Å². The first-order valence-electron chi connectivity index (χ1n) is 9.33. The lowest BCUT2D eigenvalue weighted by Crippen LogP contribution is -2.42. The standard InChI is InChI=1S/C20H32N6O.HI/c1-14(11-12-20(2,3)4)23-19(21-5)22-13-17-24-18(26-25-17)15-7-9-16(27-6)10-8-15;/h7-10,14H,11-13H2,1-6H3,(H2,21,22,23)(H,24,25,26);1H. The Balaban J connectivity index is 0.00000392. The summed E-state index contributed by atoms with van der Waals surface area (Å²) in [5, 5.41) is 14.0. The first-order valence-corrected chi connectivity index (χ1v) is 9.33. The third-order valence-electron chi connectivity index (χ3n) is 4.24. The normalized spacial score (nSPS) is 12.9. The summed E-state index contributed by atoms with van der Waals surface area (Å²) in [7, 11) is 3.42. The topological polar surface area (TPSA) is 87.2 Å². The van der Waals surface area contributed by atoms with Crippen LogP contribution in [0.15, 0.2) is 29.3 Å². The summed E-state index contributed by atoms with van der Waals surface area (Å²) in [6.45, 7) is 9.48. The summed E-state index contributed by atoms with van der Waals surface area (Å²) < 4.78 is 5.18. The first kappa shape index (κ1) is 24.2. The highest BCUT2D eigenvalue weighted by Crippen LogP contribution is 2.21. The number of methoxy groups -OCH3 is 1. The van der Waals surface area contributed by atoms with E-state index < -0.39 is 0 Å². The predicted molar refractivity (Wildman–Crippen MR) is 125 cm³/mol. The van der Waals surface area contributed by atoms with E-state index in [4.69, 9.17) is 4.74 Å². The number of H-pyrrole nitrogens is 1. The molecule has 2 aromatic rings. The molecule has 1 atom stereocenters. The highest BCUT2D eigenvalue weighted by molar-refractivity contribution is 14.0. The molecule has 0 saturated heterocycles. The Morgan fingerprint density at radius 1 is 1.25 bits per heavy atom. The van der Waals surface area contributed by atoms with Crippen molar-refractivity contribution >= 4 is 29.9 Å². The van der Waals surface area contributed by atoms with Gasteiger partial charge in [0.05, 0.1) is 13.7 Å². The maximum Gasteiger partial charge on any atom is 0.191 e. The lowest BCUT2D eigenvalue weighted by atomic mass is 9.89. The molecule has 156 valence electrons. The van der Waals surface area contributed by atoms with Crippen molar-refractivity contribution in [3.8, 4) is 17.1 Å². The van der Waals surface area contributed by atoms with E-state index in [9.17, 15) is 0 Å². The number of guanidine groups is 1. The number of aromatic nitrogens is 3. The Morgan fingerprint density at radius 3 is 2.50 bits per heavy atom. The molecule has 7 nitrogen and oxygen atoms in total. The van der Waals surface area contributed by atoms with Crippen molar-refractivity contribution in [2.75, 3.05) is 14.2 Å². The van der Waals surface area contributed by atoms with Gasteiger partial charge in [0.1, 0.15) is 11.6 Å². The Morgan fingerprint density at radius 2 is 1.93 bits per heavy atom. The van der Waals surface area contributed by atoms with Gasteiger partial charge >= 0.3 is 0 Å². The fourth-order valence-electron chi connectivity index (χ4n) is 2.56. The second-order valence-electron chi connectivity index (χ2n) is 7.90. The van der Waals surface area contributed by atoms with E-state index in [-0.39, 0.29) is 24.0 Å². The van der Waals surface area contributed by atoms with Crippen molar-refractivity contribution in [1.82, 2.24) is 25.8 Å². The van der Waals surface area contributed by atoms with Gasteiger partial charge < -0.3 is 15.4 Å². The zero-order chi connectivity index (χ0) is 19.9. The van der Waals surface area contributed by atoms with Gasteiger partial charge in [-0.15, -0.1) is 24.0 Å². The molecule has 0 aliphatic heterocycles. The molecule has 0 saturated carbocycles. The number of nitrogens with zero attached hydrogens (tertiary/aromatic N) is 3. The fourth-order valence-corrected chi connectivity index (χ4v) is 2.56. The molecule has 2 rings (SSSR count). The minimum absolute atomic E-state index is 0. The van der Waals surface area contributed by atoms with Crippen molar-refractivity contribution in [1.29, 1.82) is 0 Å². The number of aromatic amines is 1. The van der Waals surface area contributed by atoms with Crippen molar-refractivity contribution in [3.05, 3.63) is 30.1 Å². The van der Waals surface area contributed by atoms with Gasteiger partial charge in [-0.2, -0.15) is 5.10 Å². The maximum atomic E-state index is 5.18. The van der Waals surface area contributed by atoms with E-state index in [1.165, 1.54) is 0 Å². The van der Waals surface area contributed by atoms with Crippen LogP contribution in [-0.4, -0.2) is 41.3 Å². The quantitative estimate of drug-likeness (QED) is 0.304. The van der Waals surface area contributed by atoms with E-state index in [0.29, 0.717) is 23.8 Å². The zero-order valence-electron chi connectivity index (χ0n) is 17.7. The number of rotatable bonds is 7. The molecule has 0 bridgehead atoms. The van der Waals surface area contributed by atoms with Gasteiger partial charge in [0.25, 0.3) is 0 Å². The molecule has 0 aliphatic rings. The van der Waals surface area contributed by atoms with Crippen molar-refractivity contribution in [2.45, 2.75) is 53.1 Å². The van der Waals surface area contributed by atoms with E-state index in [1.807, 2.05) is 24.3 Å². The van der Waals surface area contributed by atoms with Gasteiger partial charge in [0.15, 0.2) is 11.8 Å². The average molecular weight is 500 g/mol. The second kappa shape index (κ2) is 11.2. The maximum absolute atomic E-state index is 5.18. The van der Waals surface area contributed by atoms with Crippen LogP contribution in [0.25, 0.3) is 11.4 Å². The molecule has 1 aromatic carbocycles. The molecule has 28 heavy (non-hydrogen) atoms. The Bertz CT molecular complexity index is 736. The minimum atomic E-state index is 0. The van der Waals surface area contributed by atoms with Gasteiger partial charge in [-0.3, -0.25) is 10.1 Å². The van der Waals surface area contributed by atoms with Gasteiger partial charge in [-0.1, -0.05) is 20.8 Å². The SMILES string of the molecule is CN=C(NCc1nc(-c2ccc(OC)cc2)n[nH]1)NC(C)CCC(C)(C)C.I. The number of hydrogen-bond donors (Lipinski definition) is 3. The molecular weight excluding hydrogens is 467 g/mol. The van der Waals surface area contributed by atoms with E-state index in [2.05, 4.69) is 58.5 Å². The van der Waals surface area contributed by atoms with Crippen LogP contribution in [0.3, 0.4) is 0 Å². The molecule has 0 spiro atoms. The molecule has 1 heterocycles. The Hall–Kier alpha value is -1.84. The van der Waals surface area contributed by atoms with Gasteiger partial charge in [0, 0.05) is 18.7 Å². The van der Waals surface area contributed by atoms with E-state index in [0.717, 1.165) is 35.9 Å². The van der Waals surface area contributed by atoms with Crippen LogP contribution in [-0.2, 0) is 6.54 Å². The number of aliphatic imine (C=N–C) groups is 1. The fraction of sp³-hybridized carbons (Fsp3) is 0.550. The summed E-state index contributed by atoms with van der Waals surface area (Å²) in [6, 6.07) is 8.02. The van der Waals surface area contributed by atoms with Crippen LogP contribution >= 0.6 is 24.0 Å². The molecule has 0 aliphatic carbocycles. The molecule has 1 aromatic heterocycles. The third-order valence-corrected chi connectivity index (χ3v) is 4.24. The second-order valence-corrected chi connectivity index (χ2v) is 7.90. The summed E-state index contributed by atoms with van der Waals surface area (Å²) >= 11 is 0. The first-order chi connectivity index (χ1) is 12.8. The number of nitrogens with one attached hydrogen (secondary N) is 3. The third kappa shape index (κ3) is 8.04. The lowest BCUT2D eigenvalue weighted by molar-refractivity contribution is 0.346. The number of halogens is 1. The van der Waals surface area contributed by atoms with Gasteiger partial charge in [-0.05, 0) is 49.4 Å². The van der Waals surface area contributed by atoms with Crippen LogP contribution in [0.2, 0.25) is 0 Å². The van der Waals surface area contributed by atoms with Crippen LogP contribution < -0.4 is 15.4 Å². The monoisotopic (exact) mass is 500 g/mol. The molecule has 3 N–H and O–H groups in total. The summed E-state index contributed by atoms with van der Waals surface area (Å²) in [6.07, 6.45) is 2.25. The lowest BCUT2D eigenvalue weighted by Gasteiger charge is -2.22. The smallest absolute Gasteiger partial charge is 0.191 e. The van der Waals surface area contributed by atoms with Crippen molar-refractivity contribution in [2.24, 2.45) is 10.4 Å². The molecule has 0 amide bonds. The molecule has 0 fully saturated rings. The molecular formula is C20H33IN6O. The molecule has 8 heteroatoms. The minimum Gasteiger partial charge on any atom is -0.497 e. The Kier molecular flexibility index (Phi) is 9.71. The number of benzene rings is 1. The van der Waals surface area contributed by atoms with Crippen molar-refractivity contribution in [3.63, 3.8) is 0 Å².